The lowest BCUT2D eigenvalue weighted by Crippen LogP contribution is -2.30. The smallest absolute Gasteiger partial charge is 0.325 e. The van der Waals surface area contributed by atoms with Gasteiger partial charge >= 0.3 is 5.97 Å². The number of hydrogen-bond acceptors (Lipinski definition) is 4. The predicted molar refractivity (Wildman–Crippen MR) is 90.4 cm³/mol. The first kappa shape index (κ1) is 15.2. The van der Waals surface area contributed by atoms with Crippen LogP contribution in [0.2, 0.25) is 0 Å². The maximum absolute atomic E-state index is 11.8. The van der Waals surface area contributed by atoms with Crippen molar-refractivity contribution < 1.29 is 14.3 Å². The molecule has 0 bridgehead atoms. The Balaban J connectivity index is 1.51. The number of carbonyl (C=O) groups excluding carboxylic acids is 2. The Labute approximate surface area is 137 Å². The highest BCUT2D eigenvalue weighted by Crippen LogP contribution is 2.25. The van der Waals surface area contributed by atoms with Gasteiger partial charge in [-0.1, -0.05) is 36.4 Å². The van der Waals surface area contributed by atoms with Gasteiger partial charge in [-0.2, -0.15) is 0 Å². The molecule has 1 amide bonds. The van der Waals surface area contributed by atoms with Crippen LogP contribution < -0.4 is 5.32 Å². The second-order valence-electron chi connectivity index (χ2n) is 4.97. The molecule has 0 aliphatic heterocycles. The van der Waals surface area contributed by atoms with Crippen molar-refractivity contribution in [3.05, 3.63) is 71.1 Å². The molecule has 0 radical (unpaired) electrons. The molecule has 5 heteroatoms. The number of benzene rings is 2. The molecule has 3 aromatic rings. The topological polar surface area (TPSA) is 55.4 Å². The molecule has 0 saturated carbocycles. The summed E-state index contributed by atoms with van der Waals surface area (Å²) in [6, 6.07) is 16.7. The molecule has 0 aliphatic rings. The summed E-state index contributed by atoms with van der Waals surface area (Å²) in [6.45, 7) is 0.0693. The van der Waals surface area contributed by atoms with Gasteiger partial charge in [-0.3, -0.25) is 9.59 Å². The Hall–Kier alpha value is -2.66. The number of carbonyl (C=O) groups is 2. The Bertz CT molecular complexity index is 826. The quantitative estimate of drug-likeness (QED) is 0.732. The summed E-state index contributed by atoms with van der Waals surface area (Å²) in [6.07, 6.45) is 0. The summed E-state index contributed by atoms with van der Waals surface area (Å²) < 4.78 is 6.40. The number of thiophene rings is 1. The maximum Gasteiger partial charge on any atom is 0.325 e. The van der Waals surface area contributed by atoms with Gasteiger partial charge in [-0.15, -0.1) is 11.3 Å². The van der Waals surface area contributed by atoms with E-state index >= 15 is 0 Å². The molecule has 3 rings (SSSR count). The van der Waals surface area contributed by atoms with Crippen molar-refractivity contribution in [2.75, 3.05) is 6.54 Å². The van der Waals surface area contributed by atoms with Gasteiger partial charge in [0.05, 0.1) is 0 Å². The summed E-state index contributed by atoms with van der Waals surface area (Å²) >= 11 is 1.62. The van der Waals surface area contributed by atoms with Crippen LogP contribution in [0.1, 0.15) is 15.9 Å². The van der Waals surface area contributed by atoms with Crippen LogP contribution in [-0.4, -0.2) is 18.4 Å². The average molecular weight is 325 g/mol. The molecule has 2 aromatic carbocycles. The highest BCUT2D eigenvalue weighted by Gasteiger charge is 2.10. The Morgan fingerprint density at radius 1 is 1.00 bits per heavy atom. The SMILES string of the molecule is O=C(CNC(=O)c1ccccc1)OCc1csc2ccccc12. The van der Waals surface area contributed by atoms with E-state index < -0.39 is 5.97 Å². The molecular weight excluding hydrogens is 310 g/mol. The molecular formula is C18H15NO3S. The zero-order valence-corrected chi connectivity index (χ0v) is 13.1. The minimum Gasteiger partial charge on any atom is -0.459 e. The average Bonchev–Trinajstić information content (AvgIpc) is 3.02. The molecule has 0 saturated heterocycles. The van der Waals surface area contributed by atoms with Crippen LogP contribution >= 0.6 is 11.3 Å². The summed E-state index contributed by atoms with van der Waals surface area (Å²) in [5.74, 6) is -0.743. The van der Waals surface area contributed by atoms with Crippen molar-refractivity contribution in [2.24, 2.45) is 0 Å². The minimum absolute atomic E-state index is 0.143. The van der Waals surface area contributed by atoms with Gasteiger partial charge in [0.15, 0.2) is 0 Å². The second-order valence-corrected chi connectivity index (χ2v) is 5.88. The highest BCUT2D eigenvalue weighted by atomic mass is 32.1. The van der Waals surface area contributed by atoms with Gasteiger partial charge in [-0.05, 0) is 29.0 Å². The Kier molecular flexibility index (Phi) is 4.68. The number of nitrogens with one attached hydrogen (secondary N) is 1. The molecule has 23 heavy (non-hydrogen) atoms. The lowest BCUT2D eigenvalue weighted by molar-refractivity contribution is -0.143. The molecule has 0 unspecified atom stereocenters. The third kappa shape index (κ3) is 3.76. The van der Waals surface area contributed by atoms with Crippen molar-refractivity contribution >= 4 is 33.3 Å². The fourth-order valence-electron chi connectivity index (χ4n) is 2.20. The van der Waals surface area contributed by atoms with Crippen molar-refractivity contribution in [1.82, 2.24) is 5.32 Å². The third-order valence-electron chi connectivity index (χ3n) is 3.38. The zero-order valence-electron chi connectivity index (χ0n) is 12.3. The van der Waals surface area contributed by atoms with E-state index in [0.29, 0.717) is 5.56 Å². The lowest BCUT2D eigenvalue weighted by Gasteiger charge is -2.06. The molecule has 0 atom stereocenters. The number of esters is 1. The van der Waals surface area contributed by atoms with E-state index in [4.69, 9.17) is 4.74 Å². The van der Waals surface area contributed by atoms with Crippen LogP contribution in [0, 0.1) is 0 Å². The first-order valence-corrected chi connectivity index (χ1v) is 8.06. The number of rotatable bonds is 5. The van der Waals surface area contributed by atoms with Gasteiger partial charge in [-0.25, -0.2) is 0 Å². The summed E-state index contributed by atoms with van der Waals surface area (Å²) in [5.41, 5.74) is 1.50. The fourth-order valence-corrected chi connectivity index (χ4v) is 3.15. The van der Waals surface area contributed by atoms with Crippen LogP contribution in [0.4, 0.5) is 0 Å². The molecule has 1 heterocycles. The van der Waals surface area contributed by atoms with Crippen LogP contribution in [0.3, 0.4) is 0 Å². The maximum atomic E-state index is 11.8. The molecule has 0 spiro atoms. The van der Waals surface area contributed by atoms with Crippen LogP contribution in [0.25, 0.3) is 10.1 Å². The van der Waals surface area contributed by atoms with Crippen molar-refractivity contribution in [3.63, 3.8) is 0 Å². The highest BCUT2D eigenvalue weighted by molar-refractivity contribution is 7.17. The van der Waals surface area contributed by atoms with Gasteiger partial charge in [0, 0.05) is 15.8 Å². The fraction of sp³-hybridized carbons (Fsp3) is 0.111. The first-order valence-electron chi connectivity index (χ1n) is 7.18. The van der Waals surface area contributed by atoms with Crippen molar-refractivity contribution in [3.8, 4) is 0 Å². The second kappa shape index (κ2) is 7.07. The van der Waals surface area contributed by atoms with E-state index in [1.165, 1.54) is 0 Å². The lowest BCUT2D eigenvalue weighted by atomic mass is 10.2. The number of amides is 1. The number of hydrogen-bond donors (Lipinski definition) is 1. The van der Waals surface area contributed by atoms with Crippen LogP contribution in [0.15, 0.2) is 60.0 Å². The standard InChI is InChI=1S/C18H15NO3S/c20-17(10-19-18(21)13-6-2-1-3-7-13)22-11-14-12-23-16-9-5-4-8-15(14)16/h1-9,12H,10-11H2,(H,19,21). The largest absolute Gasteiger partial charge is 0.459 e. The number of fused-ring (bicyclic) bond motifs is 1. The summed E-state index contributed by atoms with van der Waals surface area (Å²) in [5, 5.41) is 5.64. The van der Waals surface area contributed by atoms with E-state index in [2.05, 4.69) is 5.32 Å². The first-order chi connectivity index (χ1) is 11.2. The van der Waals surface area contributed by atoms with Gasteiger partial charge in [0.1, 0.15) is 13.2 Å². The monoisotopic (exact) mass is 325 g/mol. The van der Waals surface area contributed by atoms with E-state index in [1.54, 1.807) is 35.6 Å². The Morgan fingerprint density at radius 2 is 1.74 bits per heavy atom. The number of ether oxygens (including phenoxy) is 1. The minimum atomic E-state index is -0.454. The normalized spacial score (nSPS) is 10.4. The van der Waals surface area contributed by atoms with E-state index in [-0.39, 0.29) is 19.1 Å². The molecule has 1 aromatic heterocycles. The van der Waals surface area contributed by atoms with Gasteiger partial charge < -0.3 is 10.1 Å². The van der Waals surface area contributed by atoms with Crippen LogP contribution in [-0.2, 0) is 16.1 Å². The summed E-state index contributed by atoms with van der Waals surface area (Å²) in [4.78, 5) is 23.6. The molecule has 0 fully saturated rings. The molecule has 1 N–H and O–H groups in total. The third-order valence-corrected chi connectivity index (χ3v) is 4.39. The Morgan fingerprint density at radius 3 is 2.57 bits per heavy atom. The van der Waals surface area contributed by atoms with Gasteiger partial charge in [0.25, 0.3) is 5.91 Å². The van der Waals surface area contributed by atoms with E-state index in [1.807, 2.05) is 35.7 Å². The van der Waals surface area contributed by atoms with Crippen LogP contribution in [0.5, 0.6) is 0 Å². The molecule has 4 nitrogen and oxygen atoms in total. The predicted octanol–water partition coefficient (Wildman–Crippen LogP) is 3.37. The summed E-state index contributed by atoms with van der Waals surface area (Å²) in [7, 11) is 0. The molecule has 116 valence electrons. The van der Waals surface area contributed by atoms with Crippen molar-refractivity contribution in [1.29, 1.82) is 0 Å². The van der Waals surface area contributed by atoms with Crippen molar-refractivity contribution in [2.45, 2.75) is 6.61 Å². The molecule has 0 aliphatic carbocycles. The van der Waals surface area contributed by atoms with E-state index in [0.717, 1.165) is 15.6 Å². The van der Waals surface area contributed by atoms with Gasteiger partial charge in [0.2, 0.25) is 0 Å². The van der Waals surface area contributed by atoms with E-state index in [9.17, 15) is 9.59 Å². The zero-order chi connectivity index (χ0) is 16.1.